The van der Waals surface area contributed by atoms with Crippen molar-refractivity contribution >= 4 is 11.3 Å². The number of hydrogen-bond donors (Lipinski definition) is 0. The molecule has 130 valence electrons. The third kappa shape index (κ3) is 4.60. The van der Waals surface area contributed by atoms with Gasteiger partial charge in [-0.1, -0.05) is 0 Å². The highest BCUT2D eigenvalue weighted by Crippen LogP contribution is 2.23. The largest absolute Gasteiger partial charge is 0.375 e. The van der Waals surface area contributed by atoms with Crippen LogP contribution in [0.15, 0.2) is 17.8 Å². The molecule has 3 rings (SSSR count). The highest BCUT2D eigenvalue weighted by Gasteiger charge is 2.20. The molecule has 0 bridgehead atoms. The number of hydrogen-bond acceptors (Lipinski definition) is 6. The number of thiazole rings is 1. The van der Waals surface area contributed by atoms with E-state index >= 15 is 0 Å². The first-order valence-electron chi connectivity index (χ1n) is 8.42. The van der Waals surface area contributed by atoms with Gasteiger partial charge in [0, 0.05) is 44.0 Å². The summed E-state index contributed by atoms with van der Waals surface area (Å²) in [6.45, 7) is 7.37. The van der Waals surface area contributed by atoms with Crippen molar-refractivity contribution in [3.8, 4) is 0 Å². The van der Waals surface area contributed by atoms with Gasteiger partial charge in [0.25, 0.3) is 0 Å². The Balaban J connectivity index is 1.59. The molecule has 0 amide bonds. The van der Waals surface area contributed by atoms with Crippen molar-refractivity contribution in [2.24, 2.45) is 0 Å². The van der Waals surface area contributed by atoms with E-state index in [1.54, 1.807) is 11.3 Å². The third-order valence-electron chi connectivity index (χ3n) is 4.30. The van der Waals surface area contributed by atoms with Gasteiger partial charge in [-0.15, -0.1) is 11.3 Å². The first-order valence-corrected chi connectivity index (χ1v) is 9.30. The zero-order valence-electron chi connectivity index (χ0n) is 14.8. The summed E-state index contributed by atoms with van der Waals surface area (Å²) in [5, 5.41) is 3.30. The van der Waals surface area contributed by atoms with E-state index < -0.39 is 0 Å². The summed E-state index contributed by atoms with van der Waals surface area (Å²) in [5.41, 5.74) is 5.19. The molecule has 0 spiro atoms. The molecule has 2 aromatic rings. The Morgan fingerprint density at radius 3 is 2.96 bits per heavy atom. The number of likely N-dealkylation sites (N-methyl/N-ethyl adjacent to an activating group) is 1. The number of rotatable bonds is 7. The molecule has 0 fully saturated rings. The van der Waals surface area contributed by atoms with E-state index in [1.165, 1.54) is 22.4 Å². The number of nitrogens with zero attached hydrogens (tertiary/aromatic N) is 4. The van der Waals surface area contributed by atoms with E-state index in [0.29, 0.717) is 6.61 Å². The average Bonchev–Trinajstić information content (AvgIpc) is 2.96. The first kappa shape index (κ1) is 17.5. The van der Waals surface area contributed by atoms with Gasteiger partial charge in [-0.2, -0.15) is 0 Å². The van der Waals surface area contributed by atoms with Gasteiger partial charge in [0.05, 0.1) is 23.9 Å². The predicted octanol–water partition coefficient (Wildman–Crippen LogP) is 2.48. The zero-order chi connectivity index (χ0) is 16.9. The highest BCUT2D eigenvalue weighted by atomic mass is 32.1. The standard InChI is InChI=1S/C18H26N4OS/c1-14-20-17(13-24-14)11-22-5-4-18-15(10-22)8-19-9-16(18)12-23-7-6-21(2)3/h8-9,13H,4-7,10-12H2,1-3H3. The first-order chi connectivity index (χ1) is 11.6. The van der Waals surface area contributed by atoms with Crippen molar-refractivity contribution in [1.29, 1.82) is 0 Å². The molecule has 0 N–H and O–H groups in total. The molecule has 0 radical (unpaired) electrons. The van der Waals surface area contributed by atoms with Gasteiger partial charge < -0.3 is 9.64 Å². The summed E-state index contributed by atoms with van der Waals surface area (Å²) in [7, 11) is 4.13. The summed E-state index contributed by atoms with van der Waals surface area (Å²) in [6.07, 6.45) is 5.04. The third-order valence-corrected chi connectivity index (χ3v) is 5.12. The topological polar surface area (TPSA) is 41.5 Å². The number of pyridine rings is 1. The second-order valence-electron chi connectivity index (χ2n) is 6.61. The minimum atomic E-state index is 0.662. The van der Waals surface area contributed by atoms with E-state index in [1.807, 2.05) is 12.4 Å². The molecule has 0 aliphatic carbocycles. The fourth-order valence-corrected chi connectivity index (χ4v) is 3.63. The lowest BCUT2D eigenvalue weighted by atomic mass is 9.97. The summed E-state index contributed by atoms with van der Waals surface area (Å²) in [4.78, 5) is 13.6. The second-order valence-corrected chi connectivity index (χ2v) is 7.67. The van der Waals surface area contributed by atoms with Crippen LogP contribution >= 0.6 is 11.3 Å². The van der Waals surface area contributed by atoms with Crippen molar-refractivity contribution in [2.75, 3.05) is 33.8 Å². The van der Waals surface area contributed by atoms with Crippen molar-refractivity contribution in [3.05, 3.63) is 45.2 Å². The maximum Gasteiger partial charge on any atom is 0.0897 e. The molecule has 6 heteroatoms. The minimum absolute atomic E-state index is 0.662. The van der Waals surface area contributed by atoms with Crippen LogP contribution in [0.2, 0.25) is 0 Å². The Morgan fingerprint density at radius 1 is 1.33 bits per heavy atom. The van der Waals surface area contributed by atoms with E-state index in [-0.39, 0.29) is 0 Å². The monoisotopic (exact) mass is 346 g/mol. The molecule has 0 atom stereocenters. The normalized spacial score (nSPS) is 15.0. The molecule has 2 aromatic heterocycles. The summed E-state index contributed by atoms with van der Waals surface area (Å²) in [6, 6.07) is 0. The van der Waals surface area contributed by atoms with Crippen molar-refractivity contribution in [2.45, 2.75) is 33.0 Å². The van der Waals surface area contributed by atoms with Crippen LogP contribution in [0.1, 0.15) is 27.4 Å². The van der Waals surface area contributed by atoms with Gasteiger partial charge >= 0.3 is 0 Å². The molecule has 0 saturated carbocycles. The van der Waals surface area contributed by atoms with Crippen LogP contribution in [0.5, 0.6) is 0 Å². The van der Waals surface area contributed by atoms with E-state index in [9.17, 15) is 0 Å². The molecular formula is C18H26N4OS. The van der Waals surface area contributed by atoms with Crippen LogP contribution in [0.4, 0.5) is 0 Å². The Morgan fingerprint density at radius 2 is 2.21 bits per heavy atom. The molecule has 0 saturated heterocycles. The SMILES string of the molecule is Cc1nc(CN2CCc3c(COCCN(C)C)cncc3C2)cs1. The smallest absolute Gasteiger partial charge is 0.0897 e. The Hall–Kier alpha value is -1.34. The van der Waals surface area contributed by atoms with Gasteiger partial charge in [0.2, 0.25) is 0 Å². The van der Waals surface area contributed by atoms with Crippen molar-refractivity contribution in [1.82, 2.24) is 19.8 Å². The molecule has 1 aliphatic heterocycles. The molecule has 3 heterocycles. The van der Waals surface area contributed by atoms with Gasteiger partial charge in [0.15, 0.2) is 0 Å². The van der Waals surface area contributed by atoms with Gasteiger partial charge in [-0.25, -0.2) is 4.98 Å². The molecular weight excluding hydrogens is 320 g/mol. The van der Waals surface area contributed by atoms with Crippen LogP contribution in [0.3, 0.4) is 0 Å². The number of fused-ring (bicyclic) bond motifs is 1. The lowest BCUT2D eigenvalue weighted by molar-refractivity contribution is 0.104. The van der Waals surface area contributed by atoms with Crippen LogP contribution in [0, 0.1) is 6.92 Å². The van der Waals surface area contributed by atoms with Gasteiger partial charge in [0.1, 0.15) is 0 Å². The Bertz CT molecular complexity index is 671. The van der Waals surface area contributed by atoms with Crippen LogP contribution in [-0.2, 0) is 30.9 Å². The maximum absolute atomic E-state index is 5.82. The van der Waals surface area contributed by atoms with Crippen LogP contribution in [0.25, 0.3) is 0 Å². The summed E-state index contributed by atoms with van der Waals surface area (Å²) < 4.78 is 5.82. The Labute approximate surface area is 148 Å². The lowest BCUT2D eigenvalue weighted by Crippen LogP contribution is -2.31. The highest BCUT2D eigenvalue weighted by molar-refractivity contribution is 7.09. The number of ether oxygens (including phenoxy) is 1. The fourth-order valence-electron chi connectivity index (χ4n) is 3.03. The summed E-state index contributed by atoms with van der Waals surface area (Å²) >= 11 is 1.72. The number of aryl methyl sites for hydroxylation is 1. The summed E-state index contributed by atoms with van der Waals surface area (Å²) in [5.74, 6) is 0. The fraction of sp³-hybridized carbons (Fsp3) is 0.556. The lowest BCUT2D eigenvalue weighted by Gasteiger charge is -2.29. The van der Waals surface area contributed by atoms with Gasteiger partial charge in [-0.3, -0.25) is 9.88 Å². The van der Waals surface area contributed by atoms with E-state index in [0.717, 1.165) is 44.2 Å². The molecule has 0 aromatic carbocycles. The van der Waals surface area contributed by atoms with E-state index in [4.69, 9.17) is 4.74 Å². The number of aromatic nitrogens is 2. The Kier molecular flexibility index (Phi) is 5.94. The van der Waals surface area contributed by atoms with Crippen LogP contribution < -0.4 is 0 Å². The minimum Gasteiger partial charge on any atom is -0.375 e. The predicted molar refractivity (Wildman–Crippen MR) is 97.1 cm³/mol. The molecule has 5 nitrogen and oxygen atoms in total. The second kappa shape index (κ2) is 8.16. The molecule has 24 heavy (non-hydrogen) atoms. The zero-order valence-corrected chi connectivity index (χ0v) is 15.6. The molecule has 1 aliphatic rings. The van der Waals surface area contributed by atoms with E-state index in [2.05, 4.69) is 46.2 Å². The van der Waals surface area contributed by atoms with Gasteiger partial charge in [-0.05, 0) is 44.1 Å². The average molecular weight is 347 g/mol. The molecule has 0 unspecified atom stereocenters. The van der Waals surface area contributed by atoms with Crippen molar-refractivity contribution < 1.29 is 4.74 Å². The van der Waals surface area contributed by atoms with Crippen LogP contribution in [-0.4, -0.2) is 53.6 Å². The maximum atomic E-state index is 5.82. The quantitative estimate of drug-likeness (QED) is 0.721. The van der Waals surface area contributed by atoms with Crippen molar-refractivity contribution in [3.63, 3.8) is 0 Å².